The number of nitrogens with one attached hydrogen (secondary N) is 1. The van der Waals surface area contributed by atoms with E-state index < -0.39 is 0 Å². The molecular weight excluding hydrogens is 246 g/mol. The molecule has 104 valence electrons. The van der Waals surface area contributed by atoms with E-state index in [4.69, 9.17) is 5.11 Å². The quantitative estimate of drug-likeness (QED) is 0.891. The van der Waals surface area contributed by atoms with E-state index in [1.54, 1.807) is 0 Å². The Labute approximate surface area is 120 Å². The molecule has 0 radical (unpaired) electrons. The zero-order chi connectivity index (χ0) is 13.9. The van der Waals surface area contributed by atoms with Gasteiger partial charge in [-0.3, -0.25) is 0 Å². The van der Waals surface area contributed by atoms with Gasteiger partial charge >= 0.3 is 0 Å². The number of hydrogen-bond acceptors (Lipinski definition) is 2. The number of aliphatic hydroxyl groups is 1. The van der Waals surface area contributed by atoms with Crippen molar-refractivity contribution in [3.63, 3.8) is 0 Å². The van der Waals surface area contributed by atoms with E-state index in [1.807, 2.05) is 12.1 Å². The maximum Gasteiger partial charge on any atom is 0.0681 e. The first-order valence-electron chi connectivity index (χ1n) is 7.28. The lowest BCUT2D eigenvalue weighted by Gasteiger charge is -2.15. The molecule has 0 saturated carbocycles. The normalized spacial score (nSPS) is 17.2. The van der Waals surface area contributed by atoms with E-state index in [9.17, 15) is 0 Å². The van der Waals surface area contributed by atoms with E-state index in [-0.39, 0.29) is 6.61 Å². The smallest absolute Gasteiger partial charge is 0.0681 e. The summed E-state index contributed by atoms with van der Waals surface area (Å²) in [6.45, 7) is 3.15. The van der Waals surface area contributed by atoms with Crippen molar-refractivity contribution in [2.24, 2.45) is 0 Å². The molecule has 20 heavy (non-hydrogen) atoms. The van der Waals surface area contributed by atoms with Gasteiger partial charge in [-0.1, -0.05) is 48.0 Å². The lowest BCUT2D eigenvalue weighted by molar-refractivity contribution is 0.282. The summed E-state index contributed by atoms with van der Waals surface area (Å²) in [4.78, 5) is 0. The highest BCUT2D eigenvalue weighted by Gasteiger charge is 2.21. The van der Waals surface area contributed by atoms with Gasteiger partial charge in [0.15, 0.2) is 0 Å². The van der Waals surface area contributed by atoms with Gasteiger partial charge in [0.25, 0.3) is 0 Å². The standard InChI is InChI=1S/C18H21NO/c1-13-2-7-16-8-9-18(17(16)10-13)19-11-14-3-5-15(12-20)6-4-14/h2-7,10,18-20H,8-9,11-12H2,1H3. The van der Waals surface area contributed by atoms with Gasteiger partial charge in [-0.2, -0.15) is 0 Å². The predicted octanol–water partition coefficient (Wildman–Crippen LogP) is 3.26. The number of aliphatic hydroxyl groups excluding tert-OH is 1. The summed E-state index contributed by atoms with van der Waals surface area (Å²) in [7, 11) is 0. The molecule has 0 aromatic heterocycles. The Morgan fingerprint density at radius 1 is 1.10 bits per heavy atom. The van der Waals surface area contributed by atoms with Crippen LogP contribution in [0, 0.1) is 6.92 Å². The average molecular weight is 267 g/mol. The summed E-state index contributed by atoms with van der Waals surface area (Å²) in [5, 5.41) is 12.7. The molecule has 1 unspecified atom stereocenters. The Balaban J connectivity index is 1.66. The molecule has 2 nitrogen and oxygen atoms in total. The second-order valence-corrected chi connectivity index (χ2v) is 5.65. The van der Waals surface area contributed by atoms with Crippen molar-refractivity contribution in [3.05, 3.63) is 70.3 Å². The number of hydrogen-bond donors (Lipinski definition) is 2. The number of fused-ring (bicyclic) bond motifs is 1. The topological polar surface area (TPSA) is 32.3 Å². The molecule has 0 heterocycles. The fourth-order valence-corrected chi connectivity index (χ4v) is 2.94. The second kappa shape index (κ2) is 5.78. The van der Waals surface area contributed by atoms with Crippen molar-refractivity contribution in [2.75, 3.05) is 0 Å². The highest BCUT2D eigenvalue weighted by atomic mass is 16.3. The van der Waals surface area contributed by atoms with Gasteiger partial charge in [0.1, 0.15) is 0 Å². The molecule has 0 spiro atoms. The van der Waals surface area contributed by atoms with Crippen molar-refractivity contribution in [2.45, 2.75) is 39.0 Å². The summed E-state index contributed by atoms with van der Waals surface area (Å²) in [6, 6.07) is 15.4. The van der Waals surface area contributed by atoms with Crippen LogP contribution in [0.4, 0.5) is 0 Å². The molecule has 1 atom stereocenters. The lowest BCUT2D eigenvalue weighted by Crippen LogP contribution is -2.18. The van der Waals surface area contributed by atoms with Crippen molar-refractivity contribution in [1.82, 2.24) is 5.32 Å². The maximum atomic E-state index is 9.05. The molecule has 1 aliphatic carbocycles. The van der Waals surface area contributed by atoms with Crippen LogP contribution in [-0.2, 0) is 19.6 Å². The molecule has 2 heteroatoms. The van der Waals surface area contributed by atoms with Crippen LogP contribution < -0.4 is 5.32 Å². The molecule has 0 amide bonds. The van der Waals surface area contributed by atoms with Crippen LogP contribution >= 0.6 is 0 Å². The van der Waals surface area contributed by atoms with Crippen molar-refractivity contribution in [1.29, 1.82) is 0 Å². The molecule has 3 rings (SSSR count). The fourth-order valence-electron chi connectivity index (χ4n) is 2.94. The third-order valence-corrected chi connectivity index (χ3v) is 4.14. The van der Waals surface area contributed by atoms with Gasteiger partial charge in [0.05, 0.1) is 6.61 Å². The summed E-state index contributed by atoms with van der Waals surface area (Å²) in [6.07, 6.45) is 2.37. The first-order valence-corrected chi connectivity index (χ1v) is 7.28. The summed E-state index contributed by atoms with van der Waals surface area (Å²) in [5.74, 6) is 0. The lowest BCUT2D eigenvalue weighted by atomic mass is 10.0. The van der Waals surface area contributed by atoms with Crippen LogP contribution in [0.5, 0.6) is 0 Å². The number of benzene rings is 2. The molecule has 2 aromatic rings. The van der Waals surface area contributed by atoms with Gasteiger partial charge in [-0.05, 0) is 42.0 Å². The molecule has 0 aliphatic heterocycles. The van der Waals surface area contributed by atoms with Gasteiger partial charge in [0.2, 0.25) is 0 Å². The number of rotatable bonds is 4. The van der Waals surface area contributed by atoms with Crippen molar-refractivity contribution in [3.8, 4) is 0 Å². The molecular formula is C18H21NO. The third kappa shape index (κ3) is 2.77. The minimum absolute atomic E-state index is 0.114. The van der Waals surface area contributed by atoms with Crippen molar-refractivity contribution >= 4 is 0 Å². The van der Waals surface area contributed by atoms with Gasteiger partial charge in [-0.25, -0.2) is 0 Å². The predicted molar refractivity (Wildman–Crippen MR) is 81.4 cm³/mol. The second-order valence-electron chi connectivity index (χ2n) is 5.65. The first kappa shape index (κ1) is 13.3. The Kier molecular flexibility index (Phi) is 3.86. The van der Waals surface area contributed by atoms with Crippen LogP contribution in [0.3, 0.4) is 0 Å². The first-order chi connectivity index (χ1) is 9.76. The largest absolute Gasteiger partial charge is 0.392 e. The average Bonchev–Trinajstić information content (AvgIpc) is 2.88. The molecule has 2 aromatic carbocycles. The van der Waals surface area contributed by atoms with E-state index in [2.05, 4.69) is 42.6 Å². The van der Waals surface area contributed by atoms with Crippen LogP contribution in [0.15, 0.2) is 42.5 Å². The molecule has 2 N–H and O–H groups in total. The molecule has 0 fully saturated rings. The van der Waals surface area contributed by atoms with E-state index in [0.717, 1.165) is 12.1 Å². The highest BCUT2D eigenvalue weighted by Crippen LogP contribution is 2.31. The SMILES string of the molecule is Cc1ccc2c(c1)C(NCc1ccc(CO)cc1)CC2. The van der Waals surface area contributed by atoms with Crippen LogP contribution in [0.1, 0.15) is 40.3 Å². The maximum absolute atomic E-state index is 9.05. The number of aryl methyl sites for hydroxylation is 2. The highest BCUT2D eigenvalue weighted by molar-refractivity contribution is 5.37. The summed E-state index contributed by atoms with van der Waals surface area (Å²) >= 11 is 0. The third-order valence-electron chi connectivity index (χ3n) is 4.14. The van der Waals surface area contributed by atoms with E-state index >= 15 is 0 Å². The van der Waals surface area contributed by atoms with E-state index in [0.29, 0.717) is 6.04 Å². The monoisotopic (exact) mass is 267 g/mol. The Morgan fingerprint density at radius 3 is 2.60 bits per heavy atom. The van der Waals surface area contributed by atoms with Crippen LogP contribution in [0.2, 0.25) is 0 Å². The molecule has 0 bridgehead atoms. The fraction of sp³-hybridized carbons (Fsp3) is 0.333. The summed E-state index contributed by atoms with van der Waals surface area (Å²) < 4.78 is 0. The van der Waals surface area contributed by atoms with E-state index in [1.165, 1.54) is 35.1 Å². The Bertz CT molecular complexity index is 589. The van der Waals surface area contributed by atoms with Gasteiger partial charge in [0, 0.05) is 12.6 Å². The minimum Gasteiger partial charge on any atom is -0.392 e. The molecule has 0 saturated heterocycles. The van der Waals surface area contributed by atoms with Gasteiger partial charge in [-0.15, -0.1) is 0 Å². The zero-order valence-electron chi connectivity index (χ0n) is 11.9. The van der Waals surface area contributed by atoms with Gasteiger partial charge < -0.3 is 10.4 Å². The van der Waals surface area contributed by atoms with Crippen LogP contribution in [0.25, 0.3) is 0 Å². The Hall–Kier alpha value is -1.64. The molecule has 1 aliphatic rings. The minimum atomic E-state index is 0.114. The zero-order valence-corrected chi connectivity index (χ0v) is 11.9. The summed E-state index contributed by atoms with van der Waals surface area (Å²) in [5.41, 5.74) is 6.53. The Morgan fingerprint density at radius 2 is 1.85 bits per heavy atom. The van der Waals surface area contributed by atoms with Crippen LogP contribution in [-0.4, -0.2) is 5.11 Å². The van der Waals surface area contributed by atoms with Crippen molar-refractivity contribution < 1.29 is 5.11 Å².